The van der Waals surface area contributed by atoms with Crippen molar-refractivity contribution in [3.05, 3.63) is 58.1 Å². The fraction of sp³-hybridized carbons (Fsp3) is 0.188. The number of nitrogens with one attached hydrogen (secondary N) is 1. The number of primary sulfonamides is 1. The molecule has 0 saturated carbocycles. The number of hydrogen-bond donors (Lipinski definition) is 2. The van der Waals surface area contributed by atoms with E-state index in [9.17, 15) is 13.2 Å². The summed E-state index contributed by atoms with van der Waals surface area (Å²) in [6.07, 6.45) is 0. The van der Waals surface area contributed by atoms with E-state index < -0.39 is 10.0 Å². The summed E-state index contributed by atoms with van der Waals surface area (Å²) in [6, 6.07) is 10.2. The number of rotatable bonds is 4. The third-order valence-electron chi connectivity index (χ3n) is 3.76. The zero-order valence-electron chi connectivity index (χ0n) is 13.5. The van der Waals surface area contributed by atoms with Crippen LogP contribution in [-0.2, 0) is 10.0 Å². The molecule has 1 atom stereocenters. The average Bonchev–Trinajstić information content (AvgIpc) is 2.56. The molecule has 0 aliphatic carbocycles. The van der Waals surface area contributed by atoms with Crippen molar-refractivity contribution >= 4 is 44.9 Å². The molecular formula is C16H17Cl2N3O3S. The Labute approximate surface area is 156 Å². The molecule has 2 aromatic rings. The predicted octanol–water partition coefficient (Wildman–Crippen LogP) is 3.87. The van der Waals surface area contributed by atoms with E-state index in [1.165, 1.54) is 17.0 Å². The van der Waals surface area contributed by atoms with Gasteiger partial charge in [-0.25, -0.2) is 18.4 Å². The number of urea groups is 1. The maximum atomic E-state index is 12.4. The monoisotopic (exact) mass is 401 g/mol. The van der Waals surface area contributed by atoms with Gasteiger partial charge >= 0.3 is 6.03 Å². The molecule has 6 nitrogen and oxygen atoms in total. The van der Waals surface area contributed by atoms with Crippen molar-refractivity contribution in [1.82, 2.24) is 4.90 Å². The normalized spacial score (nSPS) is 12.5. The van der Waals surface area contributed by atoms with E-state index >= 15 is 0 Å². The third-order valence-corrected chi connectivity index (χ3v) is 5.43. The van der Waals surface area contributed by atoms with E-state index in [2.05, 4.69) is 5.32 Å². The topological polar surface area (TPSA) is 92.5 Å². The van der Waals surface area contributed by atoms with Crippen LogP contribution >= 0.6 is 23.2 Å². The fourth-order valence-electron chi connectivity index (χ4n) is 2.12. The van der Waals surface area contributed by atoms with Crippen LogP contribution in [0.2, 0.25) is 10.0 Å². The number of amides is 2. The van der Waals surface area contributed by atoms with Gasteiger partial charge in [-0.15, -0.1) is 0 Å². The molecule has 0 aliphatic heterocycles. The van der Waals surface area contributed by atoms with Gasteiger partial charge in [-0.3, -0.25) is 0 Å². The summed E-state index contributed by atoms with van der Waals surface area (Å²) in [5, 5.41) is 8.54. The Hall–Kier alpha value is -1.80. The van der Waals surface area contributed by atoms with E-state index in [1.54, 1.807) is 37.4 Å². The second kappa shape index (κ2) is 7.61. The van der Waals surface area contributed by atoms with Gasteiger partial charge in [0.05, 0.1) is 21.0 Å². The van der Waals surface area contributed by atoms with E-state index in [0.717, 1.165) is 5.56 Å². The summed E-state index contributed by atoms with van der Waals surface area (Å²) in [4.78, 5) is 13.9. The summed E-state index contributed by atoms with van der Waals surface area (Å²) in [7, 11) is -2.12. The van der Waals surface area contributed by atoms with Crippen molar-refractivity contribution in [2.45, 2.75) is 17.9 Å². The molecule has 0 unspecified atom stereocenters. The third kappa shape index (κ3) is 4.85. The number of carbonyl (C=O) groups excluding carboxylic acids is 1. The maximum Gasteiger partial charge on any atom is 0.322 e. The molecule has 25 heavy (non-hydrogen) atoms. The largest absolute Gasteiger partial charge is 0.322 e. The maximum absolute atomic E-state index is 12.4. The molecule has 2 amide bonds. The molecule has 0 spiro atoms. The summed E-state index contributed by atoms with van der Waals surface area (Å²) >= 11 is 11.8. The van der Waals surface area contributed by atoms with Crippen LogP contribution in [0.4, 0.5) is 10.5 Å². The molecule has 0 aliphatic rings. The molecule has 3 N–H and O–H groups in total. The van der Waals surface area contributed by atoms with Gasteiger partial charge in [0.2, 0.25) is 10.0 Å². The minimum Gasteiger partial charge on any atom is -0.321 e. The van der Waals surface area contributed by atoms with Crippen molar-refractivity contribution in [3.63, 3.8) is 0 Å². The Morgan fingerprint density at radius 2 is 1.72 bits per heavy atom. The Balaban J connectivity index is 2.11. The summed E-state index contributed by atoms with van der Waals surface area (Å²) < 4.78 is 22.6. The van der Waals surface area contributed by atoms with Crippen LogP contribution in [0.5, 0.6) is 0 Å². The number of sulfonamides is 1. The highest BCUT2D eigenvalue weighted by molar-refractivity contribution is 7.89. The van der Waals surface area contributed by atoms with Crippen LogP contribution in [0, 0.1) is 0 Å². The van der Waals surface area contributed by atoms with E-state index in [-0.39, 0.29) is 17.0 Å². The number of benzene rings is 2. The second-order valence-electron chi connectivity index (χ2n) is 5.46. The van der Waals surface area contributed by atoms with Gasteiger partial charge in [0, 0.05) is 12.7 Å². The van der Waals surface area contributed by atoms with Gasteiger partial charge in [-0.1, -0.05) is 35.3 Å². The minimum absolute atomic E-state index is 0.0198. The lowest BCUT2D eigenvalue weighted by Crippen LogP contribution is -2.33. The molecule has 0 saturated heterocycles. The lowest BCUT2D eigenvalue weighted by atomic mass is 10.1. The van der Waals surface area contributed by atoms with Gasteiger partial charge in [0.15, 0.2) is 0 Å². The first-order valence-electron chi connectivity index (χ1n) is 7.21. The molecule has 0 fully saturated rings. The quantitative estimate of drug-likeness (QED) is 0.813. The Morgan fingerprint density at radius 1 is 1.12 bits per heavy atom. The molecule has 9 heteroatoms. The number of nitrogens with zero attached hydrogens (tertiary/aromatic N) is 1. The number of halogens is 2. The number of anilines is 1. The minimum atomic E-state index is -3.75. The first kappa shape index (κ1) is 19.5. The van der Waals surface area contributed by atoms with Crippen molar-refractivity contribution in [1.29, 1.82) is 0 Å². The zero-order chi connectivity index (χ0) is 18.8. The smallest absolute Gasteiger partial charge is 0.321 e. The standard InChI is InChI=1S/C16H17Cl2N3O3S/c1-10(11-3-6-13(7-4-11)25(19,23)24)21(2)16(22)20-12-5-8-14(17)15(18)9-12/h3-10H,1-2H3,(H,20,22)(H2,19,23,24)/t10-/m0/s1. The van der Waals surface area contributed by atoms with E-state index in [4.69, 9.17) is 28.3 Å². The van der Waals surface area contributed by atoms with Crippen LogP contribution in [0.1, 0.15) is 18.5 Å². The van der Waals surface area contributed by atoms with E-state index in [0.29, 0.717) is 15.7 Å². The fourth-order valence-corrected chi connectivity index (χ4v) is 2.93. The number of carbonyl (C=O) groups is 1. The molecular weight excluding hydrogens is 385 g/mol. The summed E-state index contributed by atoms with van der Waals surface area (Å²) in [5.41, 5.74) is 1.28. The highest BCUT2D eigenvalue weighted by Gasteiger charge is 2.18. The van der Waals surface area contributed by atoms with Crippen LogP contribution < -0.4 is 10.5 Å². The van der Waals surface area contributed by atoms with Crippen molar-refractivity contribution < 1.29 is 13.2 Å². The average molecular weight is 402 g/mol. The molecule has 0 radical (unpaired) electrons. The number of nitrogens with two attached hydrogens (primary N) is 1. The summed E-state index contributed by atoms with van der Waals surface area (Å²) in [6.45, 7) is 1.82. The van der Waals surface area contributed by atoms with Gasteiger partial charge in [0.1, 0.15) is 0 Å². The SMILES string of the molecule is C[C@@H](c1ccc(S(N)(=O)=O)cc1)N(C)C(=O)Nc1ccc(Cl)c(Cl)c1. The Kier molecular flexibility index (Phi) is 5.95. The number of hydrogen-bond acceptors (Lipinski definition) is 3. The van der Waals surface area contributed by atoms with Gasteiger partial charge in [-0.2, -0.15) is 0 Å². The summed E-state index contributed by atoms with van der Waals surface area (Å²) in [5.74, 6) is 0. The van der Waals surface area contributed by atoms with Crippen molar-refractivity contribution in [3.8, 4) is 0 Å². The lowest BCUT2D eigenvalue weighted by Gasteiger charge is -2.25. The highest BCUT2D eigenvalue weighted by Crippen LogP contribution is 2.26. The molecule has 134 valence electrons. The second-order valence-corrected chi connectivity index (χ2v) is 7.84. The zero-order valence-corrected chi connectivity index (χ0v) is 15.9. The Morgan fingerprint density at radius 3 is 2.24 bits per heavy atom. The molecule has 0 aromatic heterocycles. The van der Waals surface area contributed by atoms with Gasteiger partial charge < -0.3 is 10.2 Å². The van der Waals surface area contributed by atoms with E-state index in [1.807, 2.05) is 6.92 Å². The van der Waals surface area contributed by atoms with Crippen molar-refractivity contribution in [2.24, 2.45) is 5.14 Å². The van der Waals surface area contributed by atoms with Crippen molar-refractivity contribution in [2.75, 3.05) is 12.4 Å². The van der Waals surface area contributed by atoms with Crippen LogP contribution in [-0.4, -0.2) is 26.4 Å². The first-order chi connectivity index (χ1) is 11.6. The predicted molar refractivity (Wildman–Crippen MR) is 99.5 cm³/mol. The van der Waals surface area contributed by atoms with Crippen LogP contribution in [0.25, 0.3) is 0 Å². The first-order valence-corrected chi connectivity index (χ1v) is 9.51. The van der Waals surface area contributed by atoms with Gasteiger partial charge in [0.25, 0.3) is 0 Å². The molecule has 2 rings (SSSR count). The molecule has 0 heterocycles. The molecule has 0 bridgehead atoms. The highest BCUT2D eigenvalue weighted by atomic mass is 35.5. The molecule has 2 aromatic carbocycles. The Bertz CT molecular complexity index is 886. The lowest BCUT2D eigenvalue weighted by molar-refractivity contribution is 0.208. The van der Waals surface area contributed by atoms with Crippen LogP contribution in [0.15, 0.2) is 47.4 Å². The van der Waals surface area contributed by atoms with Gasteiger partial charge in [-0.05, 0) is 42.8 Å². The van der Waals surface area contributed by atoms with Crippen LogP contribution in [0.3, 0.4) is 0 Å².